The van der Waals surface area contributed by atoms with Crippen LogP contribution in [-0.2, 0) is 0 Å². The summed E-state index contributed by atoms with van der Waals surface area (Å²) >= 11 is 4.67. The number of rotatable bonds is 2. The fourth-order valence-corrected chi connectivity index (χ4v) is 3.00. The van der Waals surface area contributed by atoms with Crippen LogP contribution in [0, 0.1) is 0 Å². The fourth-order valence-electron chi connectivity index (χ4n) is 1.90. The quantitative estimate of drug-likeness (QED) is 0.705. The molecule has 4 nitrogen and oxygen atoms in total. The maximum atomic E-state index is 12.0. The Bertz CT molecular complexity index is 766. The highest BCUT2D eigenvalue weighted by Crippen LogP contribution is 2.25. The molecule has 0 spiro atoms. The minimum absolute atomic E-state index is 0.303. The van der Waals surface area contributed by atoms with Crippen molar-refractivity contribution in [2.24, 2.45) is 0 Å². The Kier molecular flexibility index (Phi) is 3.66. The van der Waals surface area contributed by atoms with E-state index in [1.807, 2.05) is 42.5 Å². The lowest BCUT2D eigenvalue weighted by Gasteiger charge is -2.08. The monoisotopic (exact) mass is 347 g/mol. The van der Waals surface area contributed by atoms with Crippen LogP contribution in [0.3, 0.4) is 0 Å². The zero-order valence-electron chi connectivity index (χ0n) is 10.3. The largest absolute Gasteiger partial charge is 0.325 e. The molecule has 0 radical (unpaired) electrons. The van der Waals surface area contributed by atoms with Crippen molar-refractivity contribution in [3.8, 4) is 0 Å². The van der Waals surface area contributed by atoms with Gasteiger partial charge in [-0.15, -0.1) is 0 Å². The topological polar surface area (TPSA) is 54.0 Å². The first-order valence-corrected chi connectivity index (χ1v) is 7.50. The Morgan fingerprint density at radius 3 is 2.70 bits per heavy atom. The van der Waals surface area contributed by atoms with E-state index in [2.05, 4.69) is 31.5 Å². The average molecular weight is 348 g/mol. The van der Waals surface area contributed by atoms with E-state index in [0.717, 1.165) is 20.2 Å². The summed E-state index contributed by atoms with van der Waals surface area (Å²) in [6.07, 6.45) is 1.65. The van der Waals surface area contributed by atoms with E-state index in [1.165, 1.54) is 11.3 Å². The van der Waals surface area contributed by atoms with Gasteiger partial charge in [-0.05, 0) is 27.4 Å². The number of hydrogen-bond donors (Lipinski definition) is 2. The number of carbonyl (C=O) groups is 1. The number of nitrogens with one attached hydrogen (secondary N) is 2. The van der Waals surface area contributed by atoms with Crippen LogP contribution in [0.2, 0.25) is 0 Å². The van der Waals surface area contributed by atoms with Crippen LogP contribution in [0.25, 0.3) is 10.8 Å². The third-order valence-corrected chi connectivity index (χ3v) is 4.13. The number of benzene rings is 2. The molecule has 0 aliphatic carbocycles. The summed E-state index contributed by atoms with van der Waals surface area (Å²) in [5.74, 6) is 0. The van der Waals surface area contributed by atoms with E-state index >= 15 is 0 Å². The van der Waals surface area contributed by atoms with Crippen molar-refractivity contribution >= 4 is 54.9 Å². The number of fused-ring (bicyclic) bond motifs is 1. The average Bonchev–Trinajstić information content (AvgIpc) is 2.84. The molecule has 2 aromatic carbocycles. The van der Waals surface area contributed by atoms with Crippen LogP contribution in [0.15, 0.2) is 52.4 Å². The van der Waals surface area contributed by atoms with Gasteiger partial charge >= 0.3 is 6.03 Å². The van der Waals surface area contributed by atoms with E-state index < -0.39 is 0 Å². The molecule has 0 saturated carbocycles. The van der Waals surface area contributed by atoms with Gasteiger partial charge in [0, 0.05) is 5.39 Å². The van der Waals surface area contributed by atoms with Crippen molar-refractivity contribution in [3.63, 3.8) is 0 Å². The molecule has 2 N–H and O–H groups in total. The highest BCUT2D eigenvalue weighted by molar-refractivity contribution is 9.11. The maximum absolute atomic E-state index is 12.0. The molecule has 3 aromatic rings. The minimum Gasteiger partial charge on any atom is -0.307 e. The first-order chi connectivity index (χ1) is 9.72. The second-order valence-electron chi connectivity index (χ2n) is 4.08. The molecule has 0 aliphatic heterocycles. The Morgan fingerprint density at radius 1 is 1.10 bits per heavy atom. The van der Waals surface area contributed by atoms with Gasteiger partial charge in [0.2, 0.25) is 0 Å². The number of hydrogen-bond acceptors (Lipinski definition) is 3. The van der Waals surface area contributed by atoms with Gasteiger partial charge in [0.15, 0.2) is 5.13 Å². The zero-order valence-corrected chi connectivity index (χ0v) is 12.7. The summed E-state index contributed by atoms with van der Waals surface area (Å²) in [6, 6.07) is 13.4. The van der Waals surface area contributed by atoms with Crippen molar-refractivity contribution in [3.05, 3.63) is 52.4 Å². The lowest BCUT2D eigenvalue weighted by molar-refractivity contribution is 0.262. The molecular weight excluding hydrogens is 338 g/mol. The van der Waals surface area contributed by atoms with Crippen molar-refractivity contribution in [1.82, 2.24) is 4.98 Å². The SMILES string of the molecule is O=C(Nc1ncc(Br)s1)Nc1cccc2ccccc12. The predicted molar refractivity (Wildman–Crippen MR) is 86.4 cm³/mol. The molecule has 0 saturated heterocycles. The van der Waals surface area contributed by atoms with Crippen molar-refractivity contribution in [2.75, 3.05) is 10.6 Å². The number of carbonyl (C=O) groups excluding carboxylic acids is 1. The van der Waals surface area contributed by atoms with Gasteiger partial charge in [-0.25, -0.2) is 9.78 Å². The van der Waals surface area contributed by atoms with Crippen molar-refractivity contribution < 1.29 is 4.79 Å². The number of amides is 2. The summed E-state index contributed by atoms with van der Waals surface area (Å²) in [6.45, 7) is 0. The summed E-state index contributed by atoms with van der Waals surface area (Å²) in [7, 11) is 0. The Labute approximate surface area is 128 Å². The molecule has 6 heteroatoms. The highest BCUT2D eigenvalue weighted by Gasteiger charge is 2.07. The molecule has 0 aliphatic rings. The molecule has 1 aromatic heterocycles. The second kappa shape index (κ2) is 5.60. The van der Waals surface area contributed by atoms with Gasteiger partial charge < -0.3 is 5.32 Å². The van der Waals surface area contributed by atoms with Crippen LogP contribution in [0.1, 0.15) is 0 Å². The first kappa shape index (κ1) is 13.1. The fraction of sp³-hybridized carbons (Fsp3) is 0. The smallest absolute Gasteiger partial charge is 0.307 e. The van der Waals surface area contributed by atoms with Gasteiger partial charge in [-0.3, -0.25) is 5.32 Å². The third kappa shape index (κ3) is 2.81. The summed E-state index contributed by atoms with van der Waals surface area (Å²) in [4.78, 5) is 16.0. The molecule has 2 amide bonds. The zero-order chi connectivity index (χ0) is 13.9. The molecule has 0 atom stereocenters. The van der Waals surface area contributed by atoms with Gasteiger partial charge in [0.05, 0.1) is 15.7 Å². The highest BCUT2D eigenvalue weighted by atomic mass is 79.9. The van der Waals surface area contributed by atoms with Gasteiger partial charge in [0.1, 0.15) is 0 Å². The van der Waals surface area contributed by atoms with E-state index in [-0.39, 0.29) is 6.03 Å². The van der Waals surface area contributed by atoms with Crippen molar-refractivity contribution in [1.29, 1.82) is 0 Å². The summed E-state index contributed by atoms with van der Waals surface area (Å²) in [5, 5.41) is 8.19. The number of urea groups is 1. The van der Waals surface area contributed by atoms with E-state index in [4.69, 9.17) is 0 Å². The standard InChI is InChI=1S/C14H10BrN3OS/c15-12-8-16-14(20-12)18-13(19)17-11-7-3-5-9-4-1-2-6-10(9)11/h1-8H,(H2,16,17,18,19). The second-order valence-corrected chi connectivity index (χ2v) is 6.49. The number of anilines is 2. The molecule has 3 rings (SSSR count). The van der Waals surface area contributed by atoms with Gasteiger partial charge in [-0.2, -0.15) is 0 Å². The summed E-state index contributed by atoms with van der Waals surface area (Å²) < 4.78 is 0.873. The Hall–Kier alpha value is -1.92. The normalized spacial score (nSPS) is 10.4. The number of nitrogens with zero attached hydrogens (tertiary/aromatic N) is 1. The lowest BCUT2D eigenvalue weighted by Crippen LogP contribution is -2.19. The molecule has 0 fully saturated rings. The van der Waals surface area contributed by atoms with Crippen LogP contribution < -0.4 is 10.6 Å². The first-order valence-electron chi connectivity index (χ1n) is 5.89. The molecule has 100 valence electrons. The Morgan fingerprint density at radius 2 is 1.90 bits per heavy atom. The number of thiazole rings is 1. The van der Waals surface area contributed by atoms with Gasteiger partial charge in [-0.1, -0.05) is 47.7 Å². The Balaban J connectivity index is 1.81. The van der Waals surface area contributed by atoms with Crippen molar-refractivity contribution in [2.45, 2.75) is 0 Å². The number of halogens is 1. The van der Waals surface area contributed by atoms with Crippen LogP contribution in [0.5, 0.6) is 0 Å². The lowest BCUT2D eigenvalue weighted by atomic mass is 10.1. The predicted octanol–water partition coefficient (Wildman–Crippen LogP) is 4.70. The van der Waals surface area contributed by atoms with E-state index in [1.54, 1.807) is 6.20 Å². The van der Waals surface area contributed by atoms with Crippen LogP contribution >= 0.6 is 27.3 Å². The molecular formula is C14H10BrN3OS. The molecule has 0 bridgehead atoms. The van der Waals surface area contributed by atoms with E-state index in [9.17, 15) is 4.79 Å². The number of aromatic nitrogens is 1. The van der Waals surface area contributed by atoms with E-state index in [0.29, 0.717) is 5.13 Å². The molecule has 0 unspecified atom stereocenters. The summed E-state index contributed by atoms with van der Waals surface area (Å²) in [5.41, 5.74) is 0.774. The van der Waals surface area contributed by atoms with Crippen LogP contribution in [-0.4, -0.2) is 11.0 Å². The molecule has 20 heavy (non-hydrogen) atoms. The minimum atomic E-state index is -0.303. The van der Waals surface area contributed by atoms with Crippen LogP contribution in [0.4, 0.5) is 15.6 Å². The van der Waals surface area contributed by atoms with Gasteiger partial charge in [0.25, 0.3) is 0 Å². The third-order valence-electron chi connectivity index (χ3n) is 2.74. The molecule has 1 heterocycles. The maximum Gasteiger partial charge on any atom is 0.325 e.